The van der Waals surface area contributed by atoms with Crippen molar-refractivity contribution in [1.29, 1.82) is 5.41 Å². The normalized spacial score (nSPS) is 19.1. The van der Waals surface area contributed by atoms with E-state index in [1.165, 1.54) is 4.90 Å². The van der Waals surface area contributed by atoms with Gasteiger partial charge in [0.05, 0.1) is 6.54 Å². The molecule has 7 heteroatoms. The summed E-state index contributed by atoms with van der Waals surface area (Å²) in [5.74, 6) is 0.425. The number of anilines is 1. The van der Waals surface area contributed by atoms with Crippen LogP contribution in [0.3, 0.4) is 0 Å². The van der Waals surface area contributed by atoms with Crippen LogP contribution in [0, 0.1) is 11.3 Å². The maximum absolute atomic E-state index is 12.8. The number of guanidine groups is 1. The van der Waals surface area contributed by atoms with E-state index in [-0.39, 0.29) is 17.9 Å². The molecule has 1 aromatic rings. The molecular weight excluding hydrogens is 354 g/mol. The molecule has 0 aliphatic carbocycles. The van der Waals surface area contributed by atoms with Crippen LogP contribution in [0.5, 0.6) is 0 Å². The second-order valence-electron chi connectivity index (χ2n) is 8.08. The van der Waals surface area contributed by atoms with Crippen LogP contribution in [-0.4, -0.2) is 34.9 Å². The Labute approximate surface area is 167 Å². The van der Waals surface area contributed by atoms with Gasteiger partial charge in [-0.1, -0.05) is 45.7 Å². The molecule has 1 aliphatic heterocycles. The monoisotopic (exact) mass is 387 g/mol. The number of hydrogen-bond acceptors (Lipinski definition) is 3. The average Bonchev–Trinajstić information content (AvgIpc) is 2.82. The van der Waals surface area contributed by atoms with Crippen LogP contribution in [0.25, 0.3) is 0 Å². The molecule has 28 heavy (non-hydrogen) atoms. The van der Waals surface area contributed by atoms with Crippen LogP contribution in [0.4, 0.5) is 10.5 Å². The van der Waals surface area contributed by atoms with Gasteiger partial charge >= 0.3 is 6.03 Å². The summed E-state index contributed by atoms with van der Waals surface area (Å²) in [4.78, 5) is 26.1. The maximum atomic E-state index is 12.8. The highest BCUT2D eigenvalue weighted by Crippen LogP contribution is 2.26. The van der Waals surface area contributed by atoms with Crippen molar-refractivity contribution in [2.45, 2.75) is 65.5 Å². The standard InChI is InChI=1S/C21H33N5O2/c1-5-6-7-12-23-20(28)24-17-10-8-16(9-11-17)14-26-18(27)21(4,13-15(2)3)25-19(26)22/h8-11,15H,5-7,12-14H2,1-4H3,(H2,22,25)(H2,23,24,28). The first kappa shape index (κ1) is 21.7. The molecular formula is C21H33N5O2. The van der Waals surface area contributed by atoms with Crippen LogP contribution in [0.2, 0.25) is 0 Å². The van der Waals surface area contributed by atoms with Gasteiger partial charge < -0.3 is 16.0 Å². The molecule has 1 atom stereocenters. The van der Waals surface area contributed by atoms with Crippen LogP contribution in [-0.2, 0) is 11.3 Å². The predicted molar refractivity (Wildman–Crippen MR) is 112 cm³/mol. The number of benzene rings is 1. The molecule has 1 fully saturated rings. The van der Waals surface area contributed by atoms with Gasteiger partial charge in [-0.05, 0) is 43.4 Å². The molecule has 3 amide bonds. The summed E-state index contributed by atoms with van der Waals surface area (Å²) in [5.41, 5.74) is 0.882. The quantitative estimate of drug-likeness (QED) is 0.487. The zero-order chi connectivity index (χ0) is 20.7. The topological polar surface area (TPSA) is 97.3 Å². The number of carbonyl (C=O) groups is 2. The van der Waals surface area contributed by atoms with E-state index in [4.69, 9.17) is 5.41 Å². The number of unbranched alkanes of at least 4 members (excludes halogenated alkanes) is 2. The second-order valence-corrected chi connectivity index (χ2v) is 8.08. The lowest BCUT2D eigenvalue weighted by atomic mass is 9.91. The number of hydrogen-bond donors (Lipinski definition) is 4. The Bertz CT molecular complexity index is 701. The predicted octanol–water partition coefficient (Wildman–Crippen LogP) is 3.67. The lowest BCUT2D eigenvalue weighted by Gasteiger charge is -2.24. The Morgan fingerprint density at radius 2 is 1.93 bits per heavy atom. The van der Waals surface area contributed by atoms with Crippen molar-refractivity contribution in [3.63, 3.8) is 0 Å². The van der Waals surface area contributed by atoms with Crippen molar-refractivity contribution >= 4 is 23.6 Å². The van der Waals surface area contributed by atoms with E-state index in [9.17, 15) is 9.59 Å². The molecule has 0 bridgehead atoms. The highest BCUT2D eigenvalue weighted by atomic mass is 16.2. The summed E-state index contributed by atoms with van der Waals surface area (Å²) < 4.78 is 0. The summed E-state index contributed by atoms with van der Waals surface area (Å²) in [6.45, 7) is 9.12. The summed E-state index contributed by atoms with van der Waals surface area (Å²) in [5, 5.41) is 16.8. The van der Waals surface area contributed by atoms with Crippen molar-refractivity contribution in [3.8, 4) is 0 Å². The van der Waals surface area contributed by atoms with E-state index in [2.05, 4.69) is 36.7 Å². The highest BCUT2D eigenvalue weighted by molar-refractivity contribution is 6.07. The Morgan fingerprint density at radius 1 is 1.25 bits per heavy atom. The summed E-state index contributed by atoms with van der Waals surface area (Å²) in [6.07, 6.45) is 3.88. The van der Waals surface area contributed by atoms with Gasteiger partial charge in [0.1, 0.15) is 5.54 Å². The zero-order valence-electron chi connectivity index (χ0n) is 17.4. The highest BCUT2D eigenvalue weighted by Gasteiger charge is 2.45. The van der Waals surface area contributed by atoms with Crippen LogP contribution in [0.15, 0.2) is 24.3 Å². The molecule has 1 heterocycles. The van der Waals surface area contributed by atoms with E-state index in [1.807, 2.05) is 31.2 Å². The number of amides is 3. The first-order valence-electron chi connectivity index (χ1n) is 10.1. The van der Waals surface area contributed by atoms with E-state index in [0.717, 1.165) is 24.8 Å². The van der Waals surface area contributed by atoms with Gasteiger partial charge in [0.2, 0.25) is 0 Å². The lowest BCUT2D eigenvalue weighted by molar-refractivity contribution is -0.131. The smallest absolute Gasteiger partial charge is 0.319 e. The lowest BCUT2D eigenvalue weighted by Crippen LogP contribution is -2.44. The van der Waals surface area contributed by atoms with Crippen molar-refractivity contribution in [1.82, 2.24) is 15.5 Å². The first-order chi connectivity index (χ1) is 13.2. The number of nitrogens with one attached hydrogen (secondary N) is 4. The average molecular weight is 388 g/mol. The maximum Gasteiger partial charge on any atom is 0.319 e. The van der Waals surface area contributed by atoms with Crippen LogP contribution in [0.1, 0.15) is 58.9 Å². The molecule has 7 nitrogen and oxygen atoms in total. The molecule has 0 spiro atoms. The minimum atomic E-state index is -0.720. The fourth-order valence-corrected chi connectivity index (χ4v) is 3.52. The minimum absolute atomic E-state index is 0.0696. The van der Waals surface area contributed by atoms with Gasteiger partial charge in [-0.3, -0.25) is 15.1 Å². The number of rotatable bonds is 9. The molecule has 1 unspecified atom stereocenters. The largest absolute Gasteiger partial charge is 0.342 e. The third-order valence-corrected chi connectivity index (χ3v) is 4.82. The van der Waals surface area contributed by atoms with Crippen molar-refractivity contribution in [3.05, 3.63) is 29.8 Å². The molecule has 0 aromatic heterocycles. The van der Waals surface area contributed by atoms with E-state index in [0.29, 0.717) is 31.1 Å². The fraction of sp³-hybridized carbons (Fsp3) is 0.571. The molecule has 1 aromatic carbocycles. The Balaban J connectivity index is 1.91. The Kier molecular flexibility index (Phi) is 7.43. The molecule has 154 valence electrons. The molecule has 0 saturated carbocycles. The fourth-order valence-electron chi connectivity index (χ4n) is 3.52. The van der Waals surface area contributed by atoms with E-state index < -0.39 is 5.54 Å². The van der Waals surface area contributed by atoms with Gasteiger partial charge in [0.25, 0.3) is 5.91 Å². The SMILES string of the molecule is CCCCCNC(=O)Nc1ccc(CN2C(=N)NC(C)(CC(C)C)C2=O)cc1. The minimum Gasteiger partial charge on any atom is -0.342 e. The molecule has 1 aliphatic rings. The van der Waals surface area contributed by atoms with Crippen molar-refractivity contribution in [2.24, 2.45) is 5.92 Å². The van der Waals surface area contributed by atoms with Gasteiger partial charge in [0, 0.05) is 12.2 Å². The number of nitrogens with zero attached hydrogens (tertiary/aromatic N) is 1. The van der Waals surface area contributed by atoms with Gasteiger partial charge in [-0.15, -0.1) is 0 Å². The van der Waals surface area contributed by atoms with E-state index >= 15 is 0 Å². The zero-order valence-corrected chi connectivity index (χ0v) is 17.4. The summed E-state index contributed by atoms with van der Waals surface area (Å²) in [6, 6.07) is 7.14. The molecule has 4 N–H and O–H groups in total. The second kappa shape index (κ2) is 9.57. The molecule has 2 rings (SSSR count). The molecule has 0 radical (unpaired) electrons. The summed E-state index contributed by atoms with van der Waals surface area (Å²) >= 11 is 0. The van der Waals surface area contributed by atoms with Crippen molar-refractivity contribution in [2.75, 3.05) is 11.9 Å². The van der Waals surface area contributed by atoms with Crippen molar-refractivity contribution < 1.29 is 9.59 Å². The Morgan fingerprint density at radius 3 is 2.54 bits per heavy atom. The third-order valence-electron chi connectivity index (χ3n) is 4.82. The van der Waals surface area contributed by atoms with Gasteiger partial charge in [0.15, 0.2) is 5.96 Å². The van der Waals surface area contributed by atoms with Gasteiger partial charge in [-0.2, -0.15) is 0 Å². The summed E-state index contributed by atoms with van der Waals surface area (Å²) in [7, 11) is 0. The van der Waals surface area contributed by atoms with Crippen LogP contribution >= 0.6 is 0 Å². The third kappa shape index (κ3) is 5.71. The first-order valence-corrected chi connectivity index (χ1v) is 10.1. The number of carbonyl (C=O) groups excluding carboxylic acids is 2. The van der Waals surface area contributed by atoms with E-state index in [1.54, 1.807) is 0 Å². The Hall–Kier alpha value is -2.57. The number of urea groups is 1. The van der Waals surface area contributed by atoms with Crippen LogP contribution < -0.4 is 16.0 Å². The molecule has 1 saturated heterocycles. The van der Waals surface area contributed by atoms with Gasteiger partial charge in [-0.25, -0.2) is 4.79 Å².